The number of rotatable bonds is 5. The molecular formula is C14H16ClFN2O4. The molecule has 0 radical (unpaired) electrons. The topological polar surface area (TPSA) is 78.9 Å². The van der Waals surface area contributed by atoms with Crippen molar-refractivity contribution in [3.05, 3.63) is 29.0 Å². The van der Waals surface area contributed by atoms with Crippen LogP contribution in [0.25, 0.3) is 0 Å². The van der Waals surface area contributed by atoms with Gasteiger partial charge < -0.3 is 20.1 Å². The lowest BCUT2D eigenvalue weighted by Gasteiger charge is -2.16. The van der Waals surface area contributed by atoms with E-state index in [1.54, 1.807) is 0 Å². The van der Waals surface area contributed by atoms with Crippen LogP contribution in [0.1, 0.15) is 6.42 Å². The molecule has 0 saturated carbocycles. The van der Waals surface area contributed by atoms with Gasteiger partial charge in [-0.25, -0.2) is 9.18 Å². The zero-order valence-corrected chi connectivity index (χ0v) is 12.5. The number of carbonyl (C=O) groups excluding carboxylic acids is 1. The van der Waals surface area contributed by atoms with E-state index in [2.05, 4.69) is 5.32 Å². The van der Waals surface area contributed by atoms with Gasteiger partial charge in [0.1, 0.15) is 18.2 Å². The molecule has 6 nitrogen and oxygen atoms in total. The zero-order valence-electron chi connectivity index (χ0n) is 11.7. The minimum atomic E-state index is -0.886. The van der Waals surface area contributed by atoms with Crippen molar-refractivity contribution in [1.82, 2.24) is 10.2 Å². The third kappa shape index (κ3) is 4.24. The average Bonchev–Trinajstić information content (AvgIpc) is 2.97. The molecule has 2 N–H and O–H groups in total. The molecule has 1 aliphatic rings. The molecule has 1 fully saturated rings. The second-order valence-electron chi connectivity index (χ2n) is 4.93. The quantitative estimate of drug-likeness (QED) is 0.809. The molecule has 0 aliphatic carbocycles. The van der Waals surface area contributed by atoms with E-state index in [9.17, 15) is 14.0 Å². The molecule has 1 aromatic rings. The van der Waals surface area contributed by atoms with E-state index in [0.717, 1.165) is 0 Å². The van der Waals surface area contributed by atoms with Crippen LogP contribution in [0, 0.1) is 11.7 Å². The van der Waals surface area contributed by atoms with Crippen LogP contribution in [0.4, 0.5) is 9.18 Å². The van der Waals surface area contributed by atoms with Crippen LogP contribution in [-0.2, 0) is 4.79 Å². The van der Waals surface area contributed by atoms with Crippen LogP contribution in [0.3, 0.4) is 0 Å². The summed E-state index contributed by atoms with van der Waals surface area (Å²) in [6.45, 7) is 1.04. The first-order valence-electron chi connectivity index (χ1n) is 6.81. The molecule has 2 amide bonds. The van der Waals surface area contributed by atoms with Gasteiger partial charge in [-0.05, 0) is 18.6 Å². The number of hydrogen-bond acceptors (Lipinski definition) is 3. The van der Waals surface area contributed by atoms with Crippen LogP contribution in [0.15, 0.2) is 18.2 Å². The van der Waals surface area contributed by atoms with E-state index in [0.29, 0.717) is 18.7 Å². The summed E-state index contributed by atoms with van der Waals surface area (Å²) in [7, 11) is 0. The first-order valence-corrected chi connectivity index (χ1v) is 7.18. The molecule has 1 heterocycles. The molecule has 1 atom stereocenters. The number of nitrogens with one attached hydrogen (secondary N) is 1. The minimum Gasteiger partial charge on any atom is -0.492 e. The Bertz CT molecular complexity index is 570. The van der Waals surface area contributed by atoms with Gasteiger partial charge in [0.25, 0.3) is 0 Å². The third-order valence-corrected chi connectivity index (χ3v) is 3.67. The molecule has 0 aromatic heterocycles. The number of carboxylic acids is 1. The standard InChI is InChI=1S/C14H16ClFN2O4/c15-11-2-1-10(7-12(11)16)22-6-4-17-14(21)18-5-3-9(8-18)13(19)20/h1-2,7,9H,3-6,8H2,(H,17,21)(H,19,20). The van der Waals surface area contributed by atoms with Crippen molar-refractivity contribution in [3.8, 4) is 5.75 Å². The number of aliphatic carboxylic acids is 1. The number of halogens is 2. The van der Waals surface area contributed by atoms with Gasteiger partial charge in [-0.3, -0.25) is 4.79 Å². The fraction of sp³-hybridized carbons (Fsp3) is 0.429. The van der Waals surface area contributed by atoms with E-state index < -0.39 is 17.7 Å². The van der Waals surface area contributed by atoms with Crippen molar-refractivity contribution >= 4 is 23.6 Å². The molecule has 1 aromatic carbocycles. The van der Waals surface area contributed by atoms with Crippen LogP contribution < -0.4 is 10.1 Å². The van der Waals surface area contributed by atoms with Gasteiger partial charge in [0.05, 0.1) is 17.5 Å². The highest BCUT2D eigenvalue weighted by atomic mass is 35.5. The molecule has 2 rings (SSSR count). The first kappa shape index (κ1) is 16.4. The number of carbonyl (C=O) groups is 2. The van der Waals surface area contributed by atoms with Gasteiger partial charge in [-0.2, -0.15) is 0 Å². The first-order chi connectivity index (χ1) is 10.5. The lowest BCUT2D eigenvalue weighted by atomic mass is 10.1. The Morgan fingerprint density at radius 3 is 2.91 bits per heavy atom. The van der Waals surface area contributed by atoms with Crippen molar-refractivity contribution in [2.75, 3.05) is 26.2 Å². The lowest BCUT2D eigenvalue weighted by Crippen LogP contribution is -2.40. The summed E-state index contributed by atoms with van der Waals surface area (Å²) in [6.07, 6.45) is 0.462. The van der Waals surface area contributed by atoms with Gasteiger partial charge >= 0.3 is 12.0 Å². The summed E-state index contributed by atoms with van der Waals surface area (Å²) in [5.41, 5.74) is 0. The number of benzene rings is 1. The molecule has 120 valence electrons. The van der Waals surface area contributed by atoms with Crippen LogP contribution in [0.5, 0.6) is 5.75 Å². The Balaban J connectivity index is 1.69. The van der Waals surface area contributed by atoms with Gasteiger partial charge in [0.15, 0.2) is 0 Å². The monoisotopic (exact) mass is 330 g/mol. The Morgan fingerprint density at radius 1 is 1.50 bits per heavy atom. The van der Waals surface area contributed by atoms with Gasteiger partial charge in [-0.15, -0.1) is 0 Å². The maximum Gasteiger partial charge on any atom is 0.317 e. The summed E-state index contributed by atoms with van der Waals surface area (Å²) >= 11 is 5.56. The Kier molecular flexibility index (Phi) is 5.43. The van der Waals surface area contributed by atoms with Crippen LogP contribution in [0.2, 0.25) is 5.02 Å². The maximum absolute atomic E-state index is 13.2. The van der Waals surface area contributed by atoms with Crippen LogP contribution >= 0.6 is 11.6 Å². The molecule has 0 bridgehead atoms. The number of likely N-dealkylation sites (tertiary alicyclic amines) is 1. The van der Waals surface area contributed by atoms with Gasteiger partial charge in [-0.1, -0.05) is 11.6 Å². The molecule has 22 heavy (non-hydrogen) atoms. The highest BCUT2D eigenvalue weighted by Gasteiger charge is 2.30. The summed E-state index contributed by atoms with van der Waals surface area (Å²) in [6, 6.07) is 3.77. The summed E-state index contributed by atoms with van der Waals surface area (Å²) < 4.78 is 18.5. The normalized spacial score (nSPS) is 17.4. The maximum atomic E-state index is 13.2. The second-order valence-corrected chi connectivity index (χ2v) is 5.33. The number of amides is 2. The molecule has 8 heteroatoms. The number of nitrogens with zero attached hydrogens (tertiary/aromatic N) is 1. The van der Waals surface area contributed by atoms with Crippen molar-refractivity contribution in [2.45, 2.75) is 6.42 Å². The Labute approximate surface area is 131 Å². The van der Waals surface area contributed by atoms with E-state index >= 15 is 0 Å². The van der Waals surface area contributed by atoms with E-state index in [-0.39, 0.29) is 30.8 Å². The van der Waals surface area contributed by atoms with E-state index in [1.807, 2.05) is 0 Å². The highest BCUT2D eigenvalue weighted by Crippen LogP contribution is 2.20. The predicted octanol–water partition coefficient (Wildman–Crippen LogP) is 1.97. The minimum absolute atomic E-state index is 0.0164. The number of hydrogen-bond donors (Lipinski definition) is 2. The predicted molar refractivity (Wildman–Crippen MR) is 77.6 cm³/mol. The SMILES string of the molecule is O=C(O)C1CCN(C(=O)NCCOc2ccc(Cl)c(F)c2)C1. The summed E-state index contributed by atoms with van der Waals surface area (Å²) in [4.78, 5) is 24.1. The zero-order chi connectivity index (χ0) is 16.1. The number of ether oxygens (including phenoxy) is 1. The fourth-order valence-corrected chi connectivity index (χ4v) is 2.27. The number of carboxylic acid groups (broad SMARTS) is 1. The lowest BCUT2D eigenvalue weighted by molar-refractivity contribution is -0.141. The Morgan fingerprint density at radius 2 is 2.27 bits per heavy atom. The van der Waals surface area contributed by atoms with Gasteiger partial charge in [0.2, 0.25) is 0 Å². The van der Waals surface area contributed by atoms with Crippen LogP contribution in [-0.4, -0.2) is 48.2 Å². The fourth-order valence-electron chi connectivity index (χ4n) is 2.15. The van der Waals surface area contributed by atoms with E-state index in [1.165, 1.54) is 23.1 Å². The average molecular weight is 331 g/mol. The summed E-state index contributed by atoms with van der Waals surface area (Å²) in [5.74, 6) is -1.63. The van der Waals surface area contributed by atoms with E-state index in [4.69, 9.17) is 21.4 Å². The number of urea groups is 1. The summed E-state index contributed by atoms with van der Waals surface area (Å²) in [5, 5.41) is 11.5. The molecular weight excluding hydrogens is 315 g/mol. The Hall–Kier alpha value is -2.02. The van der Waals surface area contributed by atoms with Crippen molar-refractivity contribution in [1.29, 1.82) is 0 Å². The van der Waals surface area contributed by atoms with Crippen molar-refractivity contribution < 1.29 is 23.8 Å². The smallest absolute Gasteiger partial charge is 0.317 e. The molecule has 1 aliphatic heterocycles. The molecule has 1 unspecified atom stereocenters. The molecule has 1 saturated heterocycles. The largest absolute Gasteiger partial charge is 0.492 e. The molecule has 0 spiro atoms. The third-order valence-electron chi connectivity index (χ3n) is 3.36. The second kappa shape index (κ2) is 7.31. The van der Waals surface area contributed by atoms with Gasteiger partial charge in [0, 0.05) is 19.2 Å². The highest BCUT2D eigenvalue weighted by molar-refractivity contribution is 6.30. The van der Waals surface area contributed by atoms with Crippen molar-refractivity contribution in [2.24, 2.45) is 5.92 Å². The van der Waals surface area contributed by atoms with Crippen molar-refractivity contribution in [3.63, 3.8) is 0 Å².